The molecule has 0 fully saturated rings. The Kier molecular flexibility index (Phi) is 12.4. The summed E-state index contributed by atoms with van der Waals surface area (Å²) in [5, 5.41) is 0. The van der Waals surface area contributed by atoms with Crippen LogP contribution in [-0.4, -0.2) is 11.8 Å². The maximum Gasteiger partial charge on any atom is 0.0223 e. The molecule has 0 atom stereocenters. The van der Waals surface area contributed by atoms with Crippen molar-refractivity contribution in [1.29, 1.82) is 0 Å². The average Bonchev–Trinajstić information content (AvgIpc) is 2.21. The van der Waals surface area contributed by atoms with Crippen molar-refractivity contribution >= 4 is 23.2 Å². The fourth-order valence-corrected chi connectivity index (χ4v) is 1.21. The quantitative estimate of drug-likeness (QED) is 0.370. The lowest BCUT2D eigenvalue weighted by atomic mass is 10.2. The van der Waals surface area contributed by atoms with Gasteiger partial charge in [0.25, 0.3) is 0 Å². The number of unbranched alkanes of at least 4 members (excludes halogenated alkanes) is 4. The van der Waals surface area contributed by atoms with Crippen LogP contribution in [-0.2, 0) is 0 Å². The highest BCUT2D eigenvalue weighted by Crippen LogP contribution is 1.95. The lowest BCUT2D eigenvalue weighted by Crippen LogP contribution is -1.74. The summed E-state index contributed by atoms with van der Waals surface area (Å²) < 4.78 is 0. The lowest BCUT2D eigenvalue weighted by Gasteiger charge is -1.86. The molecule has 0 aromatic heterocycles. The van der Waals surface area contributed by atoms with Crippen LogP contribution >= 0.6 is 23.2 Å². The standard InChI is InChI=1S/C12H16Cl2/c13-11-9-7-5-3-1-2-4-6-8-10-12-14/h5-12H2. The fourth-order valence-electron chi connectivity index (χ4n) is 0.829. The molecular weight excluding hydrogens is 215 g/mol. The predicted octanol–water partition coefficient (Wildman–Crippen LogP) is 3.81. The average molecular weight is 231 g/mol. The van der Waals surface area contributed by atoms with Gasteiger partial charge in [0.2, 0.25) is 0 Å². The van der Waals surface area contributed by atoms with Crippen LogP contribution in [0, 0.1) is 23.7 Å². The summed E-state index contributed by atoms with van der Waals surface area (Å²) in [5.74, 6) is 13.1. The van der Waals surface area contributed by atoms with E-state index >= 15 is 0 Å². The first-order chi connectivity index (χ1) is 6.91. The highest BCUT2D eigenvalue weighted by molar-refractivity contribution is 6.18. The van der Waals surface area contributed by atoms with Crippen LogP contribution in [0.5, 0.6) is 0 Å². The summed E-state index contributed by atoms with van der Waals surface area (Å²) in [6.07, 6.45) is 6.04. The Bertz CT molecular complexity index is 198. The largest absolute Gasteiger partial charge is 0.127 e. The Balaban J connectivity index is 3.29. The zero-order chi connectivity index (χ0) is 10.5. The third-order valence-corrected chi connectivity index (χ3v) is 2.14. The van der Waals surface area contributed by atoms with Crippen LogP contribution in [0.3, 0.4) is 0 Å². The van der Waals surface area contributed by atoms with E-state index in [2.05, 4.69) is 23.7 Å². The minimum Gasteiger partial charge on any atom is -0.127 e. The van der Waals surface area contributed by atoms with Crippen LogP contribution in [0.25, 0.3) is 0 Å². The highest BCUT2D eigenvalue weighted by atomic mass is 35.5. The topological polar surface area (TPSA) is 0 Å². The molecule has 0 aliphatic rings. The van der Waals surface area contributed by atoms with Gasteiger partial charge in [-0.25, -0.2) is 0 Å². The molecule has 0 aliphatic carbocycles. The van der Waals surface area contributed by atoms with E-state index in [9.17, 15) is 0 Å². The molecule has 0 heterocycles. The van der Waals surface area contributed by atoms with E-state index in [0.29, 0.717) is 0 Å². The number of hydrogen-bond acceptors (Lipinski definition) is 0. The van der Waals surface area contributed by atoms with E-state index in [1.165, 1.54) is 0 Å². The number of rotatable bonds is 6. The maximum atomic E-state index is 5.53. The first-order valence-corrected chi connectivity index (χ1v) is 6.06. The molecule has 0 spiro atoms. The minimum absolute atomic E-state index is 0.728. The van der Waals surface area contributed by atoms with Crippen LogP contribution in [0.1, 0.15) is 38.5 Å². The Hall–Kier alpha value is -0.300. The molecule has 0 unspecified atom stereocenters. The summed E-state index contributed by atoms with van der Waals surface area (Å²) in [5.41, 5.74) is 0. The normalized spacial score (nSPS) is 8.43. The van der Waals surface area contributed by atoms with Crippen LogP contribution in [0.15, 0.2) is 0 Å². The second-order valence-electron chi connectivity index (χ2n) is 2.90. The van der Waals surface area contributed by atoms with Gasteiger partial charge in [0, 0.05) is 24.6 Å². The summed E-state index contributed by atoms with van der Waals surface area (Å²) in [7, 11) is 0. The van der Waals surface area contributed by atoms with Crippen molar-refractivity contribution in [2.24, 2.45) is 0 Å². The molecule has 14 heavy (non-hydrogen) atoms. The van der Waals surface area contributed by atoms with Crippen LogP contribution < -0.4 is 0 Å². The lowest BCUT2D eigenvalue weighted by molar-refractivity contribution is 0.832. The van der Waals surface area contributed by atoms with Crippen molar-refractivity contribution < 1.29 is 0 Å². The molecule has 0 amide bonds. The van der Waals surface area contributed by atoms with Gasteiger partial charge in [0.15, 0.2) is 0 Å². The monoisotopic (exact) mass is 230 g/mol. The van der Waals surface area contributed by atoms with Gasteiger partial charge in [-0.1, -0.05) is 11.8 Å². The molecule has 78 valence electrons. The molecule has 0 nitrogen and oxygen atoms in total. The van der Waals surface area contributed by atoms with Crippen molar-refractivity contribution in [3.8, 4) is 23.7 Å². The molecule has 0 saturated carbocycles. The Morgan fingerprint density at radius 2 is 1.07 bits per heavy atom. The third kappa shape index (κ3) is 11.7. The van der Waals surface area contributed by atoms with E-state index in [4.69, 9.17) is 23.2 Å². The predicted molar refractivity (Wildman–Crippen MR) is 64.7 cm³/mol. The molecule has 0 saturated heterocycles. The van der Waals surface area contributed by atoms with E-state index in [1.807, 2.05) is 0 Å². The maximum absolute atomic E-state index is 5.53. The zero-order valence-corrected chi connectivity index (χ0v) is 9.92. The number of alkyl halides is 2. The Morgan fingerprint density at radius 3 is 1.43 bits per heavy atom. The zero-order valence-electron chi connectivity index (χ0n) is 8.41. The first-order valence-electron chi connectivity index (χ1n) is 4.99. The summed E-state index contributed by atoms with van der Waals surface area (Å²) in [6, 6.07) is 0. The number of halogens is 2. The Labute approximate surface area is 97.4 Å². The van der Waals surface area contributed by atoms with Crippen LogP contribution in [0.4, 0.5) is 0 Å². The Morgan fingerprint density at radius 1 is 0.643 bits per heavy atom. The third-order valence-electron chi connectivity index (χ3n) is 1.61. The van der Waals surface area contributed by atoms with E-state index in [0.717, 1.165) is 50.3 Å². The highest BCUT2D eigenvalue weighted by Gasteiger charge is 1.81. The van der Waals surface area contributed by atoms with Gasteiger partial charge in [-0.3, -0.25) is 0 Å². The second kappa shape index (κ2) is 12.7. The van der Waals surface area contributed by atoms with Crippen molar-refractivity contribution in [3.05, 3.63) is 0 Å². The van der Waals surface area contributed by atoms with Crippen LogP contribution in [0.2, 0.25) is 0 Å². The molecule has 2 heteroatoms. The van der Waals surface area contributed by atoms with Gasteiger partial charge in [-0.2, -0.15) is 0 Å². The van der Waals surface area contributed by atoms with E-state index in [1.54, 1.807) is 0 Å². The molecule has 0 rings (SSSR count). The molecule has 0 aromatic carbocycles. The molecule has 0 N–H and O–H groups in total. The smallest absolute Gasteiger partial charge is 0.0223 e. The molecular formula is C12H16Cl2. The van der Waals surface area contributed by atoms with Crippen molar-refractivity contribution in [3.63, 3.8) is 0 Å². The molecule has 0 aliphatic heterocycles. The van der Waals surface area contributed by atoms with Gasteiger partial charge < -0.3 is 0 Å². The molecule has 0 bridgehead atoms. The van der Waals surface area contributed by atoms with Gasteiger partial charge in [-0.05, 0) is 37.5 Å². The van der Waals surface area contributed by atoms with Gasteiger partial charge in [-0.15, -0.1) is 23.2 Å². The van der Waals surface area contributed by atoms with Crippen molar-refractivity contribution in [2.45, 2.75) is 38.5 Å². The molecule has 0 radical (unpaired) electrons. The second-order valence-corrected chi connectivity index (χ2v) is 3.65. The minimum atomic E-state index is 0.728. The van der Waals surface area contributed by atoms with Gasteiger partial charge >= 0.3 is 0 Å². The molecule has 0 aromatic rings. The van der Waals surface area contributed by atoms with Crippen molar-refractivity contribution in [1.82, 2.24) is 0 Å². The van der Waals surface area contributed by atoms with Gasteiger partial charge in [0.1, 0.15) is 0 Å². The summed E-state index contributed by atoms with van der Waals surface area (Å²) in [4.78, 5) is 0. The van der Waals surface area contributed by atoms with Gasteiger partial charge in [0.05, 0.1) is 0 Å². The first kappa shape index (κ1) is 13.7. The summed E-state index contributed by atoms with van der Waals surface area (Å²) in [6.45, 7) is 0. The van der Waals surface area contributed by atoms with E-state index in [-0.39, 0.29) is 0 Å². The number of hydrogen-bond donors (Lipinski definition) is 0. The SMILES string of the molecule is ClCCCCC#CC#CCCCCCl. The fraction of sp³-hybridized carbons (Fsp3) is 0.667. The summed E-state index contributed by atoms with van der Waals surface area (Å²) >= 11 is 11.1. The van der Waals surface area contributed by atoms with Crippen molar-refractivity contribution in [2.75, 3.05) is 11.8 Å². The van der Waals surface area contributed by atoms with E-state index < -0.39 is 0 Å².